The van der Waals surface area contributed by atoms with Crippen molar-refractivity contribution in [1.82, 2.24) is 9.88 Å². The van der Waals surface area contributed by atoms with Crippen LogP contribution in [-0.2, 0) is 16.1 Å². The molecule has 6 nitrogen and oxygen atoms in total. The van der Waals surface area contributed by atoms with E-state index in [4.69, 9.17) is 4.42 Å². The van der Waals surface area contributed by atoms with Crippen molar-refractivity contribution in [2.75, 3.05) is 0 Å². The zero-order chi connectivity index (χ0) is 18.8. The van der Waals surface area contributed by atoms with Gasteiger partial charge in [-0.1, -0.05) is 19.9 Å². The van der Waals surface area contributed by atoms with E-state index in [0.717, 1.165) is 0 Å². The highest BCUT2D eigenvalue weighted by Gasteiger charge is 2.45. The molecule has 1 unspecified atom stereocenters. The number of aliphatic hydroxyl groups is 1. The molecule has 6 heteroatoms. The number of aromatic nitrogens is 1. The van der Waals surface area contributed by atoms with Gasteiger partial charge in [0.25, 0.3) is 5.91 Å². The standard InChI is InChI=1S/C20H22N2O4/c1-12(2)10-15(23)17-18(16-8-7-13(3)26-16)22(20(25)19(17)24)11-14-6-4-5-9-21-14/h4-9,12,18,24H,10-11H2,1-3H3. The number of nitrogens with zero attached hydrogens (tertiary/aromatic N) is 2. The van der Waals surface area contributed by atoms with Crippen LogP contribution in [0.2, 0.25) is 0 Å². The van der Waals surface area contributed by atoms with Crippen molar-refractivity contribution < 1.29 is 19.1 Å². The van der Waals surface area contributed by atoms with Gasteiger partial charge in [-0.25, -0.2) is 0 Å². The van der Waals surface area contributed by atoms with Gasteiger partial charge in [0.05, 0.1) is 17.8 Å². The molecule has 0 bridgehead atoms. The average Bonchev–Trinajstić information content (AvgIpc) is 3.12. The average molecular weight is 354 g/mol. The summed E-state index contributed by atoms with van der Waals surface area (Å²) in [4.78, 5) is 31.1. The van der Waals surface area contributed by atoms with Gasteiger partial charge in [-0.05, 0) is 37.1 Å². The first-order valence-corrected chi connectivity index (χ1v) is 8.62. The van der Waals surface area contributed by atoms with Crippen LogP contribution in [0.4, 0.5) is 0 Å². The Morgan fingerprint density at radius 2 is 2.08 bits per heavy atom. The molecule has 2 aromatic rings. The zero-order valence-electron chi connectivity index (χ0n) is 15.1. The van der Waals surface area contributed by atoms with E-state index in [0.29, 0.717) is 17.2 Å². The van der Waals surface area contributed by atoms with Gasteiger partial charge in [0.15, 0.2) is 11.5 Å². The maximum absolute atomic E-state index is 12.7. The number of aliphatic hydroxyl groups excluding tert-OH is 1. The Morgan fingerprint density at radius 1 is 1.31 bits per heavy atom. The third kappa shape index (κ3) is 3.40. The topological polar surface area (TPSA) is 83.6 Å². The van der Waals surface area contributed by atoms with Gasteiger partial charge >= 0.3 is 0 Å². The van der Waals surface area contributed by atoms with Crippen molar-refractivity contribution >= 4 is 11.7 Å². The van der Waals surface area contributed by atoms with Crippen molar-refractivity contribution in [1.29, 1.82) is 0 Å². The molecular formula is C20H22N2O4. The highest BCUT2D eigenvalue weighted by Crippen LogP contribution is 2.40. The first-order valence-electron chi connectivity index (χ1n) is 8.62. The fraction of sp³-hybridized carbons (Fsp3) is 0.350. The number of rotatable bonds is 6. The molecule has 1 aliphatic rings. The SMILES string of the molecule is Cc1ccc(C2C(C(=O)CC(C)C)=C(O)C(=O)N2Cc2ccccn2)o1. The minimum Gasteiger partial charge on any atom is -0.503 e. The second-order valence-corrected chi connectivity index (χ2v) is 6.89. The number of pyridine rings is 1. The maximum atomic E-state index is 12.7. The summed E-state index contributed by atoms with van der Waals surface area (Å²) in [5.74, 6) is -0.0715. The lowest BCUT2D eigenvalue weighted by Gasteiger charge is -2.24. The molecule has 1 atom stereocenters. The molecule has 3 heterocycles. The Morgan fingerprint density at radius 3 is 2.65 bits per heavy atom. The van der Waals surface area contributed by atoms with Crippen LogP contribution in [0, 0.1) is 12.8 Å². The van der Waals surface area contributed by atoms with E-state index < -0.39 is 17.7 Å². The molecule has 1 aliphatic heterocycles. The monoisotopic (exact) mass is 354 g/mol. The number of ketones is 1. The molecule has 0 saturated heterocycles. The largest absolute Gasteiger partial charge is 0.503 e. The highest BCUT2D eigenvalue weighted by atomic mass is 16.3. The molecule has 0 saturated carbocycles. The second kappa shape index (κ2) is 7.15. The summed E-state index contributed by atoms with van der Waals surface area (Å²) in [5.41, 5.74) is 0.772. The van der Waals surface area contributed by atoms with E-state index in [9.17, 15) is 14.7 Å². The zero-order valence-corrected chi connectivity index (χ0v) is 15.1. The van der Waals surface area contributed by atoms with Crippen LogP contribution in [0.5, 0.6) is 0 Å². The van der Waals surface area contributed by atoms with Gasteiger partial charge in [0.1, 0.15) is 17.6 Å². The lowest BCUT2D eigenvalue weighted by Crippen LogP contribution is -2.31. The fourth-order valence-corrected chi connectivity index (χ4v) is 3.14. The number of amides is 1. The highest BCUT2D eigenvalue weighted by molar-refractivity contribution is 6.08. The molecule has 3 rings (SSSR count). The quantitative estimate of drug-likeness (QED) is 0.858. The summed E-state index contributed by atoms with van der Waals surface area (Å²) in [7, 11) is 0. The fourth-order valence-electron chi connectivity index (χ4n) is 3.14. The Hall–Kier alpha value is -2.89. The summed E-state index contributed by atoms with van der Waals surface area (Å²) in [5, 5.41) is 10.4. The maximum Gasteiger partial charge on any atom is 0.290 e. The molecule has 0 radical (unpaired) electrons. The van der Waals surface area contributed by atoms with Gasteiger partial charge in [-0.15, -0.1) is 0 Å². The third-order valence-corrected chi connectivity index (χ3v) is 4.29. The molecule has 26 heavy (non-hydrogen) atoms. The third-order valence-electron chi connectivity index (χ3n) is 4.29. The molecule has 1 amide bonds. The van der Waals surface area contributed by atoms with Gasteiger partial charge in [0, 0.05) is 12.6 Å². The molecule has 0 spiro atoms. The number of carbonyl (C=O) groups excluding carboxylic acids is 2. The van der Waals surface area contributed by atoms with E-state index in [1.807, 2.05) is 19.9 Å². The predicted molar refractivity (Wildman–Crippen MR) is 95.1 cm³/mol. The molecular weight excluding hydrogens is 332 g/mol. The Kier molecular flexibility index (Phi) is 4.93. The normalized spacial score (nSPS) is 17.5. The van der Waals surface area contributed by atoms with Crippen LogP contribution in [0.3, 0.4) is 0 Å². The number of aryl methyl sites for hydroxylation is 1. The van der Waals surface area contributed by atoms with Crippen LogP contribution < -0.4 is 0 Å². The van der Waals surface area contributed by atoms with Crippen molar-refractivity contribution in [3.05, 3.63) is 65.1 Å². The minimum absolute atomic E-state index is 0.106. The number of hydrogen-bond donors (Lipinski definition) is 1. The minimum atomic E-state index is -0.746. The summed E-state index contributed by atoms with van der Waals surface area (Å²) in [6.45, 7) is 5.81. The molecule has 136 valence electrons. The Balaban J connectivity index is 2.02. The molecule has 1 N–H and O–H groups in total. The summed E-state index contributed by atoms with van der Waals surface area (Å²) in [6, 6.07) is 8.18. The summed E-state index contributed by atoms with van der Waals surface area (Å²) in [6.07, 6.45) is 1.89. The van der Waals surface area contributed by atoms with E-state index in [2.05, 4.69) is 4.98 Å². The van der Waals surface area contributed by atoms with Crippen LogP contribution >= 0.6 is 0 Å². The van der Waals surface area contributed by atoms with E-state index in [-0.39, 0.29) is 30.2 Å². The van der Waals surface area contributed by atoms with Gasteiger partial charge < -0.3 is 14.4 Å². The number of hydrogen-bond acceptors (Lipinski definition) is 5. The van der Waals surface area contributed by atoms with Crippen molar-refractivity contribution in [3.8, 4) is 0 Å². The number of carbonyl (C=O) groups is 2. The van der Waals surface area contributed by atoms with Gasteiger partial charge in [-0.3, -0.25) is 14.6 Å². The van der Waals surface area contributed by atoms with E-state index >= 15 is 0 Å². The van der Waals surface area contributed by atoms with Crippen LogP contribution in [-0.4, -0.2) is 26.7 Å². The molecule has 0 fully saturated rings. The van der Waals surface area contributed by atoms with Crippen LogP contribution in [0.1, 0.15) is 43.5 Å². The first-order chi connectivity index (χ1) is 12.4. The number of furan rings is 1. The Labute approximate surface area is 152 Å². The second-order valence-electron chi connectivity index (χ2n) is 6.89. The number of Topliss-reactive ketones (excluding diaryl/α,β-unsaturated/α-hetero) is 1. The van der Waals surface area contributed by atoms with Crippen molar-refractivity contribution in [2.24, 2.45) is 5.92 Å². The summed E-state index contributed by atoms with van der Waals surface area (Å²) >= 11 is 0. The Bertz CT molecular complexity index is 852. The molecule has 0 aliphatic carbocycles. The van der Waals surface area contributed by atoms with Gasteiger partial charge in [-0.2, -0.15) is 0 Å². The van der Waals surface area contributed by atoms with E-state index in [1.54, 1.807) is 37.4 Å². The summed E-state index contributed by atoms with van der Waals surface area (Å²) < 4.78 is 5.71. The molecule has 0 aromatic carbocycles. The van der Waals surface area contributed by atoms with Crippen molar-refractivity contribution in [3.63, 3.8) is 0 Å². The lowest BCUT2D eigenvalue weighted by atomic mass is 9.95. The smallest absolute Gasteiger partial charge is 0.290 e. The van der Waals surface area contributed by atoms with Crippen LogP contribution in [0.15, 0.2) is 52.3 Å². The van der Waals surface area contributed by atoms with Crippen LogP contribution in [0.25, 0.3) is 0 Å². The molecule has 2 aromatic heterocycles. The van der Waals surface area contributed by atoms with Crippen molar-refractivity contribution in [2.45, 2.75) is 39.8 Å². The predicted octanol–water partition coefficient (Wildman–Crippen LogP) is 3.49. The first kappa shape index (κ1) is 17.9. The van der Waals surface area contributed by atoms with E-state index in [1.165, 1.54) is 4.90 Å². The van der Waals surface area contributed by atoms with Gasteiger partial charge in [0.2, 0.25) is 0 Å². The lowest BCUT2D eigenvalue weighted by molar-refractivity contribution is -0.130.